The van der Waals surface area contributed by atoms with Gasteiger partial charge in [0.2, 0.25) is 0 Å². The molecule has 1 aliphatic heterocycles. The Kier molecular flexibility index (Phi) is 4.00. The third-order valence-electron chi connectivity index (χ3n) is 3.92. The van der Waals surface area contributed by atoms with Gasteiger partial charge >= 0.3 is 0 Å². The summed E-state index contributed by atoms with van der Waals surface area (Å²) in [6, 6.07) is 0.500. The molecule has 1 heterocycles. The molecule has 15 heavy (non-hydrogen) atoms. The van der Waals surface area contributed by atoms with E-state index in [-0.39, 0.29) is 0 Å². The molecule has 2 aliphatic rings. The largest absolute Gasteiger partial charge is 0.328 e. The molecule has 0 aromatic carbocycles. The van der Waals surface area contributed by atoms with Crippen LogP contribution >= 0.6 is 0 Å². The number of hydrogen-bond acceptors (Lipinski definition) is 3. The Morgan fingerprint density at radius 3 is 2.73 bits per heavy atom. The van der Waals surface area contributed by atoms with E-state index < -0.39 is 0 Å². The van der Waals surface area contributed by atoms with E-state index in [0.29, 0.717) is 6.04 Å². The van der Waals surface area contributed by atoms with Gasteiger partial charge in [0.15, 0.2) is 0 Å². The van der Waals surface area contributed by atoms with Crippen molar-refractivity contribution in [2.45, 2.75) is 31.7 Å². The molecule has 1 saturated carbocycles. The third-order valence-corrected chi connectivity index (χ3v) is 3.92. The van der Waals surface area contributed by atoms with Crippen molar-refractivity contribution in [2.75, 3.05) is 33.2 Å². The molecule has 3 N–H and O–H groups in total. The maximum absolute atomic E-state index is 5.75. The van der Waals surface area contributed by atoms with Gasteiger partial charge in [-0.05, 0) is 64.2 Å². The van der Waals surface area contributed by atoms with Crippen molar-refractivity contribution in [1.82, 2.24) is 10.2 Å². The lowest BCUT2D eigenvalue weighted by Crippen LogP contribution is -2.41. The average molecular weight is 211 g/mol. The Morgan fingerprint density at radius 1 is 1.33 bits per heavy atom. The molecular weight excluding hydrogens is 186 g/mol. The summed E-state index contributed by atoms with van der Waals surface area (Å²) in [5.74, 6) is 1.80. The summed E-state index contributed by atoms with van der Waals surface area (Å²) < 4.78 is 0. The predicted octanol–water partition coefficient (Wildman–Crippen LogP) is 0.655. The van der Waals surface area contributed by atoms with Gasteiger partial charge in [0.25, 0.3) is 0 Å². The normalized spacial score (nSPS) is 36.8. The van der Waals surface area contributed by atoms with Crippen LogP contribution in [0.5, 0.6) is 0 Å². The number of likely N-dealkylation sites (tertiary alicyclic amines) is 1. The van der Waals surface area contributed by atoms with Crippen molar-refractivity contribution in [3.8, 4) is 0 Å². The molecule has 0 radical (unpaired) electrons. The first-order valence-electron chi connectivity index (χ1n) is 6.39. The van der Waals surface area contributed by atoms with Gasteiger partial charge in [0, 0.05) is 12.6 Å². The van der Waals surface area contributed by atoms with Crippen LogP contribution < -0.4 is 11.1 Å². The Bertz CT molecular complexity index is 189. The minimum Gasteiger partial charge on any atom is -0.328 e. The van der Waals surface area contributed by atoms with E-state index in [9.17, 15) is 0 Å². The second kappa shape index (κ2) is 5.28. The first-order valence-corrected chi connectivity index (χ1v) is 6.39. The van der Waals surface area contributed by atoms with Crippen molar-refractivity contribution in [3.63, 3.8) is 0 Å². The molecule has 1 saturated heterocycles. The van der Waals surface area contributed by atoms with Crippen molar-refractivity contribution in [2.24, 2.45) is 17.6 Å². The van der Waals surface area contributed by atoms with Gasteiger partial charge in [0.1, 0.15) is 0 Å². The van der Waals surface area contributed by atoms with Crippen LogP contribution in [0.1, 0.15) is 25.7 Å². The molecule has 3 heteroatoms. The molecule has 3 nitrogen and oxygen atoms in total. The van der Waals surface area contributed by atoms with Crippen LogP contribution in [0.3, 0.4) is 0 Å². The second-order valence-electron chi connectivity index (χ2n) is 5.51. The van der Waals surface area contributed by atoms with Crippen molar-refractivity contribution in [1.29, 1.82) is 0 Å². The van der Waals surface area contributed by atoms with Crippen LogP contribution in [0.4, 0.5) is 0 Å². The summed E-state index contributed by atoms with van der Waals surface area (Å²) in [6.07, 6.45) is 5.22. The number of nitrogens with two attached hydrogens (primary N) is 1. The maximum Gasteiger partial charge on any atom is 0.00450 e. The Hall–Kier alpha value is -0.120. The van der Waals surface area contributed by atoms with E-state index in [1.807, 2.05) is 0 Å². The Morgan fingerprint density at radius 2 is 2.13 bits per heavy atom. The monoisotopic (exact) mass is 211 g/mol. The van der Waals surface area contributed by atoms with Gasteiger partial charge in [0.05, 0.1) is 0 Å². The van der Waals surface area contributed by atoms with Crippen LogP contribution in [0.2, 0.25) is 0 Å². The first-order chi connectivity index (χ1) is 7.24. The van der Waals surface area contributed by atoms with Gasteiger partial charge in [-0.3, -0.25) is 0 Å². The highest BCUT2D eigenvalue weighted by atomic mass is 15.1. The molecular formula is C12H25N3. The first kappa shape index (κ1) is 11.4. The fraction of sp³-hybridized carbons (Fsp3) is 1.00. The smallest absolute Gasteiger partial charge is 0.00450 e. The van der Waals surface area contributed by atoms with Gasteiger partial charge in [-0.15, -0.1) is 0 Å². The number of nitrogens with one attached hydrogen (secondary N) is 1. The van der Waals surface area contributed by atoms with Crippen LogP contribution in [-0.4, -0.2) is 44.2 Å². The number of hydrogen-bond donors (Lipinski definition) is 2. The van der Waals surface area contributed by atoms with Crippen molar-refractivity contribution in [3.05, 3.63) is 0 Å². The van der Waals surface area contributed by atoms with E-state index in [1.54, 1.807) is 0 Å². The van der Waals surface area contributed by atoms with Gasteiger partial charge in [-0.25, -0.2) is 0 Å². The molecule has 0 aromatic rings. The van der Waals surface area contributed by atoms with Gasteiger partial charge < -0.3 is 16.0 Å². The van der Waals surface area contributed by atoms with Gasteiger partial charge in [-0.2, -0.15) is 0 Å². The fourth-order valence-corrected chi connectivity index (χ4v) is 2.83. The molecule has 0 aromatic heterocycles. The molecule has 2 rings (SSSR count). The molecule has 1 atom stereocenters. The molecule has 88 valence electrons. The fourth-order valence-electron chi connectivity index (χ4n) is 2.83. The summed E-state index contributed by atoms with van der Waals surface area (Å²) in [5, 5.41) is 3.58. The SMILES string of the molecule is CN1CCC(CCNCC2CC(N)C2)C1. The molecule has 0 amide bonds. The zero-order chi connectivity index (χ0) is 10.7. The predicted molar refractivity (Wildman–Crippen MR) is 63.8 cm³/mol. The van der Waals surface area contributed by atoms with Crippen LogP contribution in [0.25, 0.3) is 0 Å². The lowest BCUT2D eigenvalue weighted by Gasteiger charge is -2.32. The summed E-state index contributed by atoms with van der Waals surface area (Å²) in [6.45, 7) is 4.98. The van der Waals surface area contributed by atoms with Crippen LogP contribution in [-0.2, 0) is 0 Å². The van der Waals surface area contributed by atoms with Crippen LogP contribution in [0.15, 0.2) is 0 Å². The zero-order valence-corrected chi connectivity index (χ0v) is 9.91. The summed E-state index contributed by atoms with van der Waals surface area (Å²) in [4.78, 5) is 2.44. The van der Waals surface area contributed by atoms with Crippen LogP contribution in [0, 0.1) is 11.8 Å². The van der Waals surface area contributed by atoms with E-state index in [1.165, 1.54) is 51.9 Å². The highest BCUT2D eigenvalue weighted by Gasteiger charge is 2.25. The Labute approximate surface area is 93.4 Å². The maximum atomic E-state index is 5.75. The standard InChI is InChI=1S/C12H25N3/c1-15-5-3-10(9-15)2-4-14-8-11-6-12(13)7-11/h10-12,14H,2-9,13H2,1H3. The average Bonchev–Trinajstić information content (AvgIpc) is 2.55. The minimum atomic E-state index is 0.500. The number of rotatable bonds is 5. The molecule has 1 aliphatic carbocycles. The quantitative estimate of drug-likeness (QED) is 0.656. The molecule has 2 fully saturated rings. The third kappa shape index (κ3) is 3.44. The van der Waals surface area contributed by atoms with Gasteiger partial charge in [-0.1, -0.05) is 0 Å². The Balaban J connectivity index is 1.45. The number of nitrogens with zero attached hydrogens (tertiary/aromatic N) is 1. The highest BCUT2D eigenvalue weighted by molar-refractivity contribution is 4.83. The minimum absolute atomic E-state index is 0.500. The van der Waals surface area contributed by atoms with E-state index in [0.717, 1.165) is 11.8 Å². The van der Waals surface area contributed by atoms with E-state index in [2.05, 4.69) is 17.3 Å². The lowest BCUT2D eigenvalue weighted by molar-refractivity contribution is 0.254. The molecule has 0 bridgehead atoms. The summed E-state index contributed by atoms with van der Waals surface area (Å²) in [7, 11) is 2.23. The zero-order valence-electron chi connectivity index (χ0n) is 9.91. The van der Waals surface area contributed by atoms with E-state index >= 15 is 0 Å². The second-order valence-corrected chi connectivity index (χ2v) is 5.51. The summed E-state index contributed by atoms with van der Waals surface area (Å²) >= 11 is 0. The van der Waals surface area contributed by atoms with Crippen molar-refractivity contribution >= 4 is 0 Å². The topological polar surface area (TPSA) is 41.3 Å². The lowest BCUT2D eigenvalue weighted by atomic mass is 9.81. The molecule has 1 unspecified atom stereocenters. The highest BCUT2D eigenvalue weighted by Crippen LogP contribution is 2.24. The van der Waals surface area contributed by atoms with E-state index in [4.69, 9.17) is 5.73 Å². The van der Waals surface area contributed by atoms with Crippen molar-refractivity contribution < 1.29 is 0 Å². The molecule has 0 spiro atoms. The summed E-state index contributed by atoms with van der Waals surface area (Å²) in [5.41, 5.74) is 5.75.